The van der Waals surface area contributed by atoms with Gasteiger partial charge in [-0.05, 0) is 63.3 Å². The van der Waals surface area contributed by atoms with Gasteiger partial charge in [0, 0.05) is 12.2 Å². The maximum atomic E-state index is 5.52. The van der Waals surface area contributed by atoms with Crippen LogP contribution in [0.25, 0.3) is 17.1 Å². The average molecular weight is 407 g/mol. The number of imidazole rings is 1. The first-order chi connectivity index (χ1) is 14.5. The third kappa shape index (κ3) is 4.30. The molecule has 0 bridgehead atoms. The van der Waals surface area contributed by atoms with E-state index in [2.05, 4.69) is 39.3 Å². The monoisotopic (exact) mass is 406 g/mol. The predicted molar refractivity (Wildman–Crippen MR) is 118 cm³/mol. The third-order valence-electron chi connectivity index (χ3n) is 5.99. The fraction of sp³-hybridized carbons (Fsp3) is 0.478. The molecule has 1 fully saturated rings. The molecule has 1 aliphatic rings. The molecule has 1 aliphatic carbocycles. The number of ether oxygens (including phenoxy) is 1. The first kappa shape index (κ1) is 20.3. The molecule has 0 spiro atoms. The van der Waals surface area contributed by atoms with Crippen molar-refractivity contribution in [1.82, 2.24) is 24.7 Å². The van der Waals surface area contributed by atoms with Crippen molar-refractivity contribution < 1.29 is 4.74 Å². The van der Waals surface area contributed by atoms with E-state index >= 15 is 0 Å². The second kappa shape index (κ2) is 8.81. The van der Waals surface area contributed by atoms with E-state index < -0.39 is 0 Å². The first-order valence-electron chi connectivity index (χ1n) is 10.7. The maximum absolute atomic E-state index is 5.52. The Morgan fingerprint density at radius 2 is 1.90 bits per heavy atom. The highest BCUT2D eigenvalue weighted by atomic mass is 16.5. The molecule has 0 radical (unpaired) electrons. The second-order valence-electron chi connectivity index (χ2n) is 8.24. The highest BCUT2D eigenvalue weighted by molar-refractivity contribution is 5.61. The molecule has 0 aliphatic heterocycles. The van der Waals surface area contributed by atoms with Crippen LogP contribution in [0.4, 0.5) is 5.82 Å². The fourth-order valence-corrected chi connectivity index (χ4v) is 4.20. The van der Waals surface area contributed by atoms with E-state index in [-0.39, 0.29) is 0 Å². The molecule has 3 heterocycles. The lowest BCUT2D eigenvalue weighted by atomic mass is 9.84. The van der Waals surface area contributed by atoms with Gasteiger partial charge in [-0.15, -0.1) is 10.2 Å². The number of nitrogens with zero attached hydrogens (tertiary/aromatic N) is 5. The Kier molecular flexibility index (Phi) is 5.97. The van der Waals surface area contributed by atoms with Crippen molar-refractivity contribution in [2.45, 2.75) is 58.9 Å². The van der Waals surface area contributed by atoms with Gasteiger partial charge >= 0.3 is 0 Å². The molecular formula is C23H30N6O. The van der Waals surface area contributed by atoms with Crippen LogP contribution in [0, 0.1) is 19.8 Å². The Balaban J connectivity index is 1.55. The molecular weight excluding hydrogens is 376 g/mol. The molecule has 7 heteroatoms. The number of methoxy groups -OCH3 is 1. The summed E-state index contributed by atoms with van der Waals surface area (Å²) in [5.41, 5.74) is 4.31. The van der Waals surface area contributed by atoms with Crippen molar-refractivity contribution in [1.29, 1.82) is 0 Å². The zero-order chi connectivity index (χ0) is 21.1. The van der Waals surface area contributed by atoms with Crippen LogP contribution < -0.4 is 10.1 Å². The molecule has 4 rings (SSSR count). The number of pyridine rings is 1. The number of hydrogen-bond donors (Lipinski definition) is 1. The van der Waals surface area contributed by atoms with Gasteiger partial charge in [-0.25, -0.2) is 9.97 Å². The minimum absolute atomic E-state index is 0.403. The molecule has 0 aromatic carbocycles. The minimum atomic E-state index is 0.403. The minimum Gasteiger partial charge on any atom is -0.479 e. The number of aromatic nitrogens is 5. The summed E-state index contributed by atoms with van der Waals surface area (Å²) in [5.74, 6) is 2.09. The van der Waals surface area contributed by atoms with Crippen molar-refractivity contribution in [3.05, 3.63) is 42.0 Å². The second-order valence-corrected chi connectivity index (χ2v) is 8.24. The van der Waals surface area contributed by atoms with Gasteiger partial charge < -0.3 is 14.6 Å². The number of hydrogen-bond acceptors (Lipinski definition) is 6. The van der Waals surface area contributed by atoms with Gasteiger partial charge in [0.15, 0.2) is 5.82 Å². The van der Waals surface area contributed by atoms with Crippen molar-refractivity contribution in [2.75, 3.05) is 12.4 Å². The Morgan fingerprint density at radius 3 is 2.57 bits per heavy atom. The largest absolute Gasteiger partial charge is 0.479 e. The molecule has 1 N–H and O–H groups in total. The van der Waals surface area contributed by atoms with Crippen LogP contribution in [0.3, 0.4) is 0 Å². The molecule has 158 valence electrons. The van der Waals surface area contributed by atoms with E-state index in [9.17, 15) is 0 Å². The van der Waals surface area contributed by atoms with Crippen molar-refractivity contribution in [2.24, 2.45) is 5.92 Å². The van der Waals surface area contributed by atoms with Crippen LogP contribution in [-0.4, -0.2) is 37.9 Å². The molecule has 3 aromatic heterocycles. The van der Waals surface area contributed by atoms with Crippen LogP contribution in [-0.2, 0) is 0 Å². The topological polar surface area (TPSA) is 77.8 Å². The average Bonchev–Trinajstić information content (AvgIpc) is 3.21. The quantitative estimate of drug-likeness (QED) is 0.638. The van der Waals surface area contributed by atoms with Gasteiger partial charge in [-0.1, -0.05) is 19.3 Å². The third-order valence-corrected chi connectivity index (χ3v) is 5.99. The molecule has 0 amide bonds. The Bertz CT molecular complexity index is 1010. The highest BCUT2D eigenvalue weighted by Crippen LogP contribution is 2.29. The summed E-state index contributed by atoms with van der Waals surface area (Å²) in [6.45, 7) is 6.27. The number of nitrogens with one attached hydrogen (secondary N) is 1. The Hall–Kier alpha value is -2.96. The van der Waals surface area contributed by atoms with Gasteiger partial charge in [0.05, 0.1) is 24.8 Å². The molecule has 3 aromatic rings. The van der Waals surface area contributed by atoms with Crippen LogP contribution in [0.5, 0.6) is 5.88 Å². The van der Waals surface area contributed by atoms with Crippen molar-refractivity contribution in [3.8, 4) is 23.0 Å². The number of anilines is 1. The summed E-state index contributed by atoms with van der Waals surface area (Å²) in [5, 5.41) is 12.5. The van der Waals surface area contributed by atoms with E-state index in [0.717, 1.165) is 34.2 Å². The van der Waals surface area contributed by atoms with Gasteiger partial charge in [0.25, 0.3) is 0 Å². The lowest BCUT2D eigenvalue weighted by Crippen LogP contribution is -2.28. The Morgan fingerprint density at radius 1 is 1.10 bits per heavy atom. The van der Waals surface area contributed by atoms with Crippen molar-refractivity contribution in [3.63, 3.8) is 0 Å². The van der Waals surface area contributed by atoms with Crippen LogP contribution in [0.2, 0.25) is 0 Å². The van der Waals surface area contributed by atoms with E-state index in [0.29, 0.717) is 17.8 Å². The molecule has 30 heavy (non-hydrogen) atoms. The van der Waals surface area contributed by atoms with E-state index in [1.807, 2.05) is 35.9 Å². The summed E-state index contributed by atoms with van der Waals surface area (Å²) >= 11 is 0. The first-order valence-corrected chi connectivity index (χ1v) is 10.7. The lowest BCUT2D eigenvalue weighted by Gasteiger charge is -2.28. The van der Waals surface area contributed by atoms with Gasteiger partial charge in [-0.2, -0.15) is 0 Å². The zero-order valence-corrected chi connectivity index (χ0v) is 18.2. The van der Waals surface area contributed by atoms with E-state index in [1.54, 1.807) is 13.4 Å². The van der Waals surface area contributed by atoms with Gasteiger partial charge in [0.1, 0.15) is 11.4 Å². The lowest BCUT2D eigenvalue weighted by molar-refractivity contribution is 0.328. The summed E-state index contributed by atoms with van der Waals surface area (Å²) in [4.78, 5) is 8.94. The van der Waals surface area contributed by atoms with Gasteiger partial charge in [0.2, 0.25) is 5.88 Å². The van der Waals surface area contributed by atoms with Crippen LogP contribution >= 0.6 is 0 Å². The smallest absolute Gasteiger partial charge is 0.238 e. The Labute approximate surface area is 177 Å². The molecule has 1 saturated carbocycles. The summed E-state index contributed by atoms with van der Waals surface area (Å²) in [6.07, 6.45) is 10.3. The molecule has 0 saturated heterocycles. The van der Waals surface area contributed by atoms with Gasteiger partial charge in [-0.3, -0.25) is 0 Å². The number of aryl methyl sites for hydroxylation is 2. The fourth-order valence-electron chi connectivity index (χ4n) is 4.20. The summed E-state index contributed by atoms with van der Waals surface area (Å²) in [6, 6.07) is 6.34. The van der Waals surface area contributed by atoms with Crippen LogP contribution in [0.1, 0.15) is 50.3 Å². The SMILES string of the molecule is COc1nc(-c2cc(C)c(N[C@@H](C)C3CCCCC3)nn2)ccc1-n1cnc(C)c1. The van der Waals surface area contributed by atoms with E-state index in [1.165, 1.54) is 32.1 Å². The normalized spacial score (nSPS) is 15.7. The van der Waals surface area contributed by atoms with Crippen molar-refractivity contribution >= 4 is 5.82 Å². The van der Waals surface area contributed by atoms with E-state index in [4.69, 9.17) is 4.74 Å². The summed E-state index contributed by atoms with van der Waals surface area (Å²) < 4.78 is 7.43. The van der Waals surface area contributed by atoms with Crippen LogP contribution in [0.15, 0.2) is 30.7 Å². The molecule has 0 unspecified atom stereocenters. The molecule has 1 atom stereocenters. The predicted octanol–water partition coefficient (Wildman–Crippen LogP) is 4.73. The maximum Gasteiger partial charge on any atom is 0.238 e. The standard InChI is InChI=1S/C23H30N6O/c1-15-12-20(27-28-22(15)25-17(3)18-8-6-5-7-9-18)19-10-11-21(23(26-19)30-4)29-13-16(2)24-14-29/h10-14,17-18H,5-9H2,1-4H3,(H,25,28)/t17-/m0/s1. The number of rotatable bonds is 6. The highest BCUT2D eigenvalue weighted by Gasteiger charge is 2.21. The molecule has 7 nitrogen and oxygen atoms in total. The zero-order valence-electron chi connectivity index (χ0n) is 18.2. The summed E-state index contributed by atoms with van der Waals surface area (Å²) in [7, 11) is 1.62.